The molecule has 1 aromatic rings. The minimum absolute atomic E-state index is 0.187. The van der Waals surface area contributed by atoms with E-state index in [0.717, 1.165) is 35.9 Å². The van der Waals surface area contributed by atoms with Gasteiger partial charge in [0.2, 0.25) is 0 Å². The van der Waals surface area contributed by atoms with Gasteiger partial charge >= 0.3 is 0 Å². The predicted octanol–water partition coefficient (Wildman–Crippen LogP) is 3.64. The van der Waals surface area contributed by atoms with Gasteiger partial charge in [0.25, 0.3) is 0 Å². The van der Waals surface area contributed by atoms with Gasteiger partial charge in [0, 0.05) is 23.7 Å². The summed E-state index contributed by atoms with van der Waals surface area (Å²) < 4.78 is 19.8. The van der Waals surface area contributed by atoms with Crippen LogP contribution < -0.4 is 5.32 Å². The standard InChI is InChI=1S/C14H19BrFNO/c1-2-13-8-12(5-6-18-13)17-9-10-7-11(16)3-4-14(10)15/h3-4,7,12-13,17H,2,5-6,8-9H2,1H3. The lowest BCUT2D eigenvalue weighted by Crippen LogP contribution is -2.38. The maximum Gasteiger partial charge on any atom is 0.123 e. The van der Waals surface area contributed by atoms with Crippen LogP contribution in [-0.2, 0) is 11.3 Å². The Hall–Kier alpha value is -0.450. The van der Waals surface area contributed by atoms with E-state index in [2.05, 4.69) is 28.2 Å². The van der Waals surface area contributed by atoms with E-state index in [9.17, 15) is 4.39 Å². The molecule has 2 atom stereocenters. The molecule has 1 saturated heterocycles. The van der Waals surface area contributed by atoms with Gasteiger partial charge in [-0.05, 0) is 43.0 Å². The van der Waals surface area contributed by atoms with Crippen LogP contribution in [0.15, 0.2) is 22.7 Å². The van der Waals surface area contributed by atoms with Crippen molar-refractivity contribution in [2.24, 2.45) is 0 Å². The molecule has 0 aromatic heterocycles. The molecule has 1 N–H and O–H groups in total. The minimum Gasteiger partial charge on any atom is -0.378 e. The fourth-order valence-electron chi connectivity index (χ4n) is 2.28. The summed E-state index contributed by atoms with van der Waals surface area (Å²) in [5.74, 6) is -0.187. The average Bonchev–Trinajstić information content (AvgIpc) is 2.40. The predicted molar refractivity (Wildman–Crippen MR) is 74.0 cm³/mol. The molecular formula is C14H19BrFNO. The van der Waals surface area contributed by atoms with E-state index in [1.165, 1.54) is 6.07 Å². The number of hydrogen-bond acceptors (Lipinski definition) is 2. The van der Waals surface area contributed by atoms with E-state index in [1.54, 1.807) is 12.1 Å². The zero-order valence-electron chi connectivity index (χ0n) is 10.6. The summed E-state index contributed by atoms with van der Waals surface area (Å²) in [5, 5.41) is 3.49. The molecule has 2 rings (SSSR count). The van der Waals surface area contributed by atoms with Crippen molar-refractivity contribution in [3.63, 3.8) is 0 Å². The van der Waals surface area contributed by atoms with Crippen LogP contribution in [0.3, 0.4) is 0 Å². The molecule has 0 spiro atoms. The molecule has 0 amide bonds. The van der Waals surface area contributed by atoms with Gasteiger partial charge in [0.1, 0.15) is 5.82 Å². The molecule has 1 heterocycles. The highest BCUT2D eigenvalue weighted by Gasteiger charge is 2.20. The highest BCUT2D eigenvalue weighted by Crippen LogP contribution is 2.20. The summed E-state index contributed by atoms with van der Waals surface area (Å²) in [6, 6.07) is 5.27. The second-order valence-electron chi connectivity index (χ2n) is 4.74. The molecular weight excluding hydrogens is 297 g/mol. The van der Waals surface area contributed by atoms with Crippen molar-refractivity contribution in [2.75, 3.05) is 6.61 Å². The number of nitrogens with one attached hydrogen (secondary N) is 1. The lowest BCUT2D eigenvalue weighted by molar-refractivity contribution is -0.000330. The number of ether oxygens (including phenoxy) is 1. The number of rotatable bonds is 4. The molecule has 0 saturated carbocycles. The van der Waals surface area contributed by atoms with E-state index in [1.807, 2.05) is 0 Å². The SMILES string of the molecule is CCC1CC(NCc2cc(F)ccc2Br)CCO1. The van der Waals surface area contributed by atoms with E-state index in [4.69, 9.17) is 4.74 Å². The summed E-state index contributed by atoms with van der Waals surface area (Å²) in [7, 11) is 0. The fourth-order valence-corrected chi connectivity index (χ4v) is 2.67. The topological polar surface area (TPSA) is 21.3 Å². The summed E-state index contributed by atoms with van der Waals surface area (Å²) in [5.41, 5.74) is 0.967. The second kappa shape index (κ2) is 6.64. The van der Waals surface area contributed by atoms with Crippen LogP contribution >= 0.6 is 15.9 Å². The Morgan fingerprint density at radius 1 is 1.50 bits per heavy atom. The second-order valence-corrected chi connectivity index (χ2v) is 5.59. The van der Waals surface area contributed by atoms with Crippen LogP contribution in [0.2, 0.25) is 0 Å². The van der Waals surface area contributed by atoms with Gasteiger partial charge in [-0.3, -0.25) is 0 Å². The first-order valence-corrected chi connectivity index (χ1v) is 7.27. The minimum atomic E-state index is -0.187. The molecule has 1 aliphatic heterocycles. The largest absolute Gasteiger partial charge is 0.378 e. The van der Waals surface area contributed by atoms with Crippen LogP contribution in [0.4, 0.5) is 4.39 Å². The first kappa shape index (κ1) is 14.0. The van der Waals surface area contributed by atoms with Gasteiger partial charge in [0.15, 0.2) is 0 Å². The lowest BCUT2D eigenvalue weighted by atomic mass is 10.0. The molecule has 1 aliphatic rings. The van der Waals surface area contributed by atoms with Gasteiger partial charge in [-0.15, -0.1) is 0 Å². The van der Waals surface area contributed by atoms with E-state index < -0.39 is 0 Å². The third-order valence-corrected chi connectivity index (χ3v) is 4.19. The average molecular weight is 316 g/mol. The number of hydrogen-bond donors (Lipinski definition) is 1. The highest BCUT2D eigenvalue weighted by molar-refractivity contribution is 9.10. The van der Waals surface area contributed by atoms with Gasteiger partial charge < -0.3 is 10.1 Å². The van der Waals surface area contributed by atoms with Crippen LogP contribution in [-0.4, -0.2) is 18.8 Å². The van der Waals surface area contributed by atoms with E-state index in [-0.39, 0.29) is 5.82 Å². The molecule has 100 valence electrons. The third-order valence-electron chi connectivity index (χ3n) is 3.41. The molecule has 18 heavy (non-hydrogen) atoms. The summed E-state index contributed by atoms with van der Waals surface area (Å²) in [6.45, 7) is 3.66. The summed E-state index contributed by atoms with van der Waals surface area (Å²) >= 11 is 3.45. The van der Waals surface area contributed by atoms with E-state index in [0.29, 0.717) is 18.7 Å². The van der Waals surface area contributed by atoms with Gasteiger partial charge in [-0.1, -0.05) is 22.9 Å². The first-order chi connectivity index (χ1) is 8.69. The van der Waals surface area contributed by atoms with Crippen molar-refractivity contribution in [3.8, 4) is 0 Å². The van der Waals surface area contributed by atoms with Gasteiger partial charge in [0.05, 0.1) is 6.10 Å². The van der Waals surface area contributed by atoms with Gasteiger partial charge in [-0.2, -0.15) is 0 Å². The quantitative estimate of drug-likeness (QED) is 0.916. The Kier molecular flexibility index (Phi) is 5.15. The van der Waals surface area contributed by atoms with Crippen molar-refractivity contribution in [3.05, 3.63) is 34.1 Å². The Bertz CT molecular complexity index is 399. The molecule has 1 fully saturated rings. The number of benzene rings is 1. The normalized spacial score (nSPS) is 24.2. The Balaban J connectivity index is 1.89. The Morgan fingerprint density at radius 3 is 3.11 bits per heavy atom. The van der Waals surface area contributed by atoms with Crippen LogP contribution in [0.25, 0.3) is 0 Å². The Labute approximate surface area is 116 Å². The highest BCUT2D eigenvalue weighted by atomic mass is 79.9. The molecule has 0 radical (unpaired) electrons. The maximum absolute atomic E-state index is 13.2. The summed E-state index contributed by atoms with van der Waals surface area (Å²) in [4.78, 5) is 0. The van der Waals surface area contributed by atoms with Crippen LogP contribution in [0, 0.1) is 5.82 Å². The van der Waals surface area contributed by atoms with Crippen LogP contribution in [0.1, 0.15) is 31.7 Å². The van der Waals surface area contributed by atoms with Gasteiger partial charge in [-0.25, -0.2) is 4.39 Å². The van der Waals surface area contributed by atoms with Crippen molar-refractivity contribution in [2.45, 2.75) is 44.9 Å². The zero-order valence-corrected chi connectivity index (χ0v) is 12.2. The smallest absolute Gasteiger partial charge is 0.123 e. The molecule has 0 aliphatic carbocycles. The molecule has 0 bridgehead atoms. The first-order valence-electron chi connectivity index (χ1n) is 6.48. The molecule has 4 heteroatoms. The van der Waals surface area contributed by atoms with E-state index >= 15 is 0 Å². The third kappa shape index (κ3) is 3.77. The molecule has 1 aromatic carbocycles. The Morgan fingerprint density at radius 2 is 2.33 bits per heavy atom. The van der Waals surface area contributed by atoms with Crippen LogP contribution in [0.5, 0.6) is 0 Å². The summed E-state index contributed by atoms with van der Waals surface area (Å²) in [6.07, 6.45) is 3.50. The van der Waals surface area contributed by atoms with Crippen molar-refractivity contribution < 1.29 is 9.13 Å². The zero-order chi connectivity index (χ0) is 13.0. The van der Waals surface area contributed by atoms with Crippen molar-refractivity contribution >= 4 is 15.9 Å². The van der Waals surface area contributed by atoms with Crippen molar-refractivity contribution in [1.82, 2.24) is 5.32 Å². The molecule has 2 nitrogen and oxygen atoms in total. The monoisotopic (exact) mass is 315 g/mol. The fraction of sp³-hybridized carbons (Fsp3) is 0.571. The number of halogens is 2. The van der Waals surface area contributed by atoms with Crippen molar-refractivity contribution in [1.29, 1.82) is 0 Å². The lowest BCUT2D eigenvalue weighted by Gasteiger charge is -2.29. The maximum atomic E-state index is 13.2. The molecule has 2 unspecified atom stereocenters.